The van der Waals surface area contributed by atoms with E-state index in [2.05, 4.69) is 31.1 Å². The second kappa shape index (κ2) is 8.22. The smallest absolute Gasteiger partial charge is 0.406 e. The van der Waals surface area contributed by atoms with E-state index in [-0.39, 0.29) is 15.4 Å². The van der Waals surface area contributed by atoms with E-state index in [1.165, 1.54) is 6.33 Å². The van der Waals surface area contributed by atoms with Gasteiger partial charge in [0.05, 0.1) is 16.6 Å². The van der Waals surface area contributed by atoms with Crippen molar-refractivity contribution in [1.29, 1.82) is 0 Å². The van der Waals surface area contributed by atoms with Gasteiger partial charge >= 0.3 is 6.36 Å². The van der Waals surface area contributed by atoms with Crippen LogP contribution in [-0.4, -0.2) is 21.8 Å². The zero-order valence-corrected chi connectivity index (χ0v) is 17.3. The van der Waals surface area contributed by atoms with Crippen LogP contribution in [0.2, 0.25) is 5.02 Å². The third kappa shape index (κ3) is 4.73. The number of rotatable bonds is 5. The third-order valence-electron chi connectivity index (χ3n) is 3.50. The normalized spacial score (nSPS) is 11.6. The van der Waals surface area contributed by atoms with E-state index in [9.17, 15) is 18.0 Å². The van der Waals surface area contributed by atoms with Crippen molar-refractivity contribution >= 4 is 55.9 Å². The molecule has 3 rings (SSSR count). The lowest BCUT2D eigenvalue weighted by Gasteiger charge is -2.15. The molecule has 0 radical (unpaired) electrons. The molecule has 0 spiro atoms. The molecule has 11 heteroatoms. The largest absolute Gasteiger partial charge is 0.573 e. The van der Waals surface area contributed by atoms with E-state index in [0.29, 0.717) is 10.7 Å². The Morgan fingerprint density at radius 1 is 1.32 bits per heavy atom. The van der Waals surface area contributed by atoms with E-state index >= 15 is 0 Å². The van der Waals surface area contributed by atoms with Gasteiger partial charge in [-0.15, -0.1) is 24.9 Å². The van der Waals surface area contributed by atoms with Gasteiger partial charge in [-0.2, -0.15) is 0 Å². The van der Waals surface area contributed by atoms with Crippen molar-refractivity contribution in [2.45, 2.75) is 18.2 Å². The Morgan fingerprint density at radius 3 is 2.75 bits per heavy atom. The number of benzene rings is 2. The number of thioether (sulfide) groups is 1. The van der Waals surface area contributed by atoms with Gasteiger partial charge in [0.25, 0.3) is 5.56 Å². The van der Waals surface area contributed by atoms with Gasteiger partial charge in [0.2, 0.25) is 0 Å². The molecule has 1 heterocycles. The summed E-state index contributed by atoms with van der Waals surface area (Å²) < 4.78 is 42.8. The number of hydrogen-bond acceptors (Lipinski definition) is 5. The van der Waals surface area contributed by atoms with Crippen molar-refractivity contribution in [2.75, 3.05) is 11.2 Å². The summed E-state index contributed by atoms with van der Waals surface area (Å²) in [6.45, 7) is 1.98. The lowest BCUT2D eigenvalue weighted by molar-refractivity contribution is -0.274. The van der Waals surface area contributed by atoms with E-state index in [1.54, 1.807) is 23.9 Å². The van der Waals surface area contributed by atoms with Crippen molar-refractivity contribution < 1.29 is 17.9 Å². The molecule has 1 aromatic heterocycles. The lowest BCUT2D eigenvalue weighted by atomic mass is 10.2. The molecule has 2 aromatic carbocycles. The molecule has 0 saturated heterocycles. The fourth-order valence-corrected chi connectivity index (χ4v) is 3.89. The predicted octanol–water partition coefficient (Wildman–Crippen LogP) is 5.70. The number of aromatic nitrogens is 2. The highest BCUT2D eigenvalue weighted by Crippen LogP contribution is 2.31. The summed E-state index contributed by atoms with van der Waals surface area (Å²) >= 11 is 10.7. The Morgan fingerprint density at radius 2 is 2.07 bits per heavy atom. The first-order valence-corrected chi connectivity index (χ1v) is 9.99. The molecule has 3 aromatic rings. The maximum Gasteiger partial charge on any atom is 0.573 e. The standard InChI is InChI=1S/C17H12BrClF3N3O2S/c1-2-28-14-4-3-9(19)5-13(14)24-25-8-23-15-11(16(25)26)6-10(7-12(15)18)27-17(20,21)22/h3-8,24H,2H2,1H3. The molecule has 0 aliphatic heterocycles. The molecule has 5 nitrogen and oxygen atoms in total. The second-order valence-corrected chi connectivity index (χ2v) is 8.05. The molecule has 1 N–H and O–H groups in total. The molecule has 0 amide bonds. The van der Waals surface area contributed by atoms with E-state index in [0.717, 1.165) is 27.5 Å². The van der Waals surface area contributed by atoms with E-state index < -0.39 is 17.7 Å². The van der Waals surface area contributed by atoms with E-state index in [4.69, 9.17) is 11.6 Å². The van der Waals surface area contributed by atoms with E-state index in [1.807, 2.05) is 13.0 Å². The Kier molecular flexibility index (Phi) is 6.11. The van der Waals surface area contributed by atoms with Crippen LogP contribution >= 0.6 is 39.3 Å². The highest BCUT2D eigenvalue weighted by atomic mass is 79.9. The van der Waals surface area contributed by atoms with Gasteiger partial charge in [-0.05, 0) is 52.0 Å². The molecule has 0 atom stereocenters. The van der Waals surface area contributed by atoms with Crippen LogP contribution in [0.3, 0.4) is 0 Å². The number of nitrogens with one attached hydrogen (secondary N) is 1. The predicted molar refractivity (Wildman–Crippen MR) is 107 cm³/mol. The van der Waals surface area contributed by atoms with Gasteiger partial charge in [-0.3, -0.25) is 10.2 Å². The quantitative estimate of drug-likeness (QED) is 0.461. The maximum atomic E-state index is 12.8. The average molecular weight is 495 g/mol. The number of alkyl halides is 3. The minimum absolute atomic E-state index is 0.0460. The first kappa shape index (κ1) is 20.8. The van der Waals surface area contributed by atoms with Crippen LogP contribution in [0, 0.1) is 0 Å². The molecule has 148 valence electrons. The summed E-state index contributed by atoms with van der Waals surface area (Å²) in [5.41, 5.74) is 3.10. The Hall–Kier alpha value is -1.91. The van der Waals surface area contributed by atoms with Crippen LogP contribution in [0.5, 0.6) is 5.75 Å². The summed E-state index contributed by atoms with van der Waals surface area (Å²) in [7, 11) is 0. The van der Waals surface area contributed by atoms with Crippen LogP contribution in [0.4, 0.5) is 18.9 Å². The summed E-state index contributed by atoms with van der Waals surface area (Å²) in [4.78, 5) is 17.8. The Labute approximate surface area is 174 Å². The molecule has 0 saturated carbocycles. The lowest BCUT2D eigenvalue weighted by Crippen LogP contribution is -2.27. The highest BCUT2D eigenvalue weighted by Gasteiger charge is 2.31. The number of hydrogen-bond donors (Lipinski definition) is 1. The van der Waals surface area contributed by atoms with Crippen LogP contribution < -0.4 is 15.7 Å². The molecule has 0 unspecified atom stereocenters. The maximum absolute atomic E-state index is 12.8. The Bertz CT molecular complexity index is 1090. The van der Waals surface area contributed by atoms with Crippen molar-refractivity contribution in [3.63, 3.8) is 0 Å². The zero-order chi connectivity index (χ0) is 20.5. The average Bonchev–Trinajstić information content (AvgIpc) is 2.59. The number of fused-ring (bicyclic) bond motifs is 1. The van der Waals surface area contributed by atoms with Gasteiger partial charge in [0.15, 0.2) is 0 Å². The van der Waals surface area contributed by atoms with Crippen molar-refractivity contribution in [3.8, 4) is 5.75 Å². The number of halogens is 5. The molecule has 0 aliphatic carbocycles. The Balaban J connectivity index is 2.07. The summed E-state index contributed by atoms with van der Waals surface area (Å²) in [6.07, 6.45) is -3.62. The van der Waals surface area contributed by atoms with Crippen molar-refractivity contribution in [3.05, 3.63) is 56.5 Å². The van der Waals surface area contributed by atoms with Gasteiger partial charge in [0.1, 0.15) is 12.1 Å². The fraction of sp³-hybridized carbons (Fsp3) is 0.176. The topological polar surface area (TPSA) is 56.1 Å². The van der Waals surface area contributed by atoms with Gasteiger partial charge in [-0.25, -0.2) is 9.66 Å². The molecule has 0 fully saturated rings. The third-order valence-corrected chi connectivity index (χ3v) is 5.30. The molecule has 28 heavy (non-hydrogen) atoms. The van der Waals surface area contributed by atoms with Crippen LogP contribution in [-0.2, 0) is 0 Å². The molecule has 0 bridgehead atoms. The van der Waals surface area contributed by atoms with Crippen molar-refractivity contribution in [2.24, 2.45) is 0 Å². The minimum atomic E-state index is -4.88. The number of nitrogens with zero attached hydrogens (tertiary/aromatic N) is 2. The second-order valence-electron chi connectivity index (χ2n) is 5.45. The monoisotopic (exact) mass is 493 g/mol. The minimum Gasteiger partial charge on any atom is -0.406 e. The molecule has 0 aliphatic rings. The first-order chi connectivity index (χ1) is 13.2. The fourth-order valence-electron chi connectivity index (χ4n) is 2.44. The van der Waals surface area contributed by atoms with Crippen LogP contribution in [0.1, 0.15) is 6.92 Å². The number of ether oxygens (including phenoxy) is 1. The van der Waals surface area contributed by atoms with Gasteiger partial charge < -0.3 is 4.74 Å². The summed E-state index contributed by atoms with van der Waals surface area (Å²) in [6, 6.07) is 7.29. The first-order valence-electron chi connectivity index (χ1n) is 7.84. The van der Waals surface area contributed by atoms with Crippen molar-refractivity contribution in [1.82, 2.24) is 9.66 Å². The zero-order valence-electron chi connectivity index (χ0n) is 14.2. The summed E-state index contributed by atoms with van der Waals surface area (Å²) in [5, 5.41) is 0.420. The molecular formula is C17H12BrClF3N3O2S. The summed E-state index contributed by atoms with van der Waals surface area (Å²) in [5.74, 6) is 0.278. The SMILES string of the molecule is CCSc1ccc(Cl)cc1Nn1cnc2c(Br)cc(OC(F)(F)F)cc2c1=O. The molecular weight excluding hydrogens is 483 g/mol. The van der Waals surface area contributed by atoms with Gasteiger partial charge in [-0.1, -0.05) is 18.5 Å². The van der Waals surface area contributed by atoms with Crippen LogP contribution in [0.25, 0.3) is 10.9 Å². The number of anilines is 1. The highest BCUT2D eigenvalue weighted by molar-refractivity contribution is 9.10. The van der Waals surface area contributed by atoms with Crippen LogP contribution in [0.15, 0.2) is 50.8 Å². The van der Waals surface area contributed by atoms with Gasteiger partial charge in [0, 0.05) is 14.4 Å².